The van der Waals surface area contributed by atoms with E-state index in [1.54, 1.807) is 6.20 Å². The van der Waals surface area contributed by atoms with Crippen molar-refractivity contribution in [2.45, 2.75) is 32.3 Å². The van der Waals surface area contributed by atoms with Crippen LogP contribution in [0.3, 0.4) is 0 Å². The van der Waals surface area contributed by atoms with Gasteiger partial charge in [0, 0.05) is 12.7 Å². The molecule has 0 bridgehead atoms. The molecule has 2 atom stereocenters. The number of nitrogens with two attached hydrogens (primary N) is 1. The molecule has 0 saturated carbocycles. The Morgan fingerprint density at radius 1 is 1.15 bits per heavy atom. The van der Waals surface area contributed by atoms with E-state index in [4.69, 9.17) is 10.5 Å². The first kappa shape index (κ1) is 14.5. The SMILES string of the molecule is CCC(C)c1ccc(OC(CN)c2ccccn2)cc1. The van der Waals surface area contributed by atoms with Crippen molar-refractivity contribution < 1.29 is 4.74 Å². The van der Waals surface area contributed by atoms with Crippen molar-refractivity contribution in [2.75, 3.05) is 6.54 Å². The highest BCUT2D eigenvalue weighted by atomic mass is 16.5. The van der Waals surface area contributed by atoms with Crippen LogP contribution in [0, 0.1) is 0 Å². The first-order chi connectivity index (χ1) is 9.74. The molecule has 0 amide bonds. The van der Waals surface area contributed by atoms with Crippen LogP contribution in [0.15, 0.2) is 48.7 Å². The van der Waals surface area contributed by atoms with E-state index < -0.39 is 0 Å². The standard InChI is InChI=1S/C17H22N2O/c1-3-13(2)14-7-9-15(10-8-14)20-17(12-18)16-6-4-5-11-19-16/h4-11,13,17H,3,12,18H2,1-2H3. The Morgan fingerprint density at radius 3 is 2.45 bits per heavy atom. The molecule has 2 N–H and O–H groups in total. The zero-order chi connectivity index (χ0) is 14.4. The number of hydrogen-bond acceptors (Lipinski definition) is 3. The molecule has 0 aliphatic heterocycles. The van der Waals surface area contributed by atoms with Crippen LogP contribution >= 0.6 is 0 Å². The summed E-state index contributed by atoms with van der Waals surface area (Å²) in [6, 6.07) is 14.0. The molecule has 2 unspecified atom stereocenters. The van der Waals surface area contributed by atoms with Gasteiger partial charge in [-0.1, -0.05) is 32.0 Å². The molecule has 1 aromatic heterocycles. The number of nitrogens with zero attached hydrogens (tertiary/aromatic N) is 1. The van der Waals surface area contributed by atoms with E-state index in [1.165, 1.54) is 5.56 Å². The van der Waals surface area contributed by atoms with Crippen molar-refractivity contribution in [2.24, 2.45) is 5.73 Å². The number of hydrogen-bond donors (Lipinski definition) is 1. The average Bonchev–Trinajstić information content (AvgIpc) is 2.53. The van der Waals surface area contributed by atoms with E-state index >= 15 is 0 Å². The third kappa shape index (κ3) is 3.58. The van der Waals surface area contributed by atoms with Gasteiger partial charge in [0.15, 0.2) is 6.10 Å². The fourth-order valence-corrected chi connectivity index (χ4v) is 2.07. The zero-order valence-corrected chi connectivity index (χ0v) is 12.1. The maximum atomic E-state index is 5.93. The normalized spacial score (nSPS) is 13.8. The number of aromatic nitrogens is 1. The fourth-order valence-electron chi connectivity index (χ4n) is 2.07. The summed E-state index contributed by atoms with van der Waals surface area (Å²) < 4.78 is 5.93. The van der Waals surface area contributed by atoms with Crippen LogP contribution in [0.25, 0.3) is 0 Å². The molecule has 20 heavy (non-hydrogen) atoms. The zero-order valence-electron chi connectivity index (χ0n) is 12.1. The number of pyridine rings is 1. The Kier molecular flexibility index (Phi) is 5.13. The Balaban J connectivity index is 2.08. The molecule has 106 valence electrons. The predicted octanol–water partition coefficient (Wildman–Crippen LogP) is 3.67. The van der Waals surface area contributed by atoms with E-state index in [-0.39, 0.29) is 6.10 Å². The average molecular weight is 270 g/mol. The monoisotopic (exact) mass is 270 g/mol. The second kappa shape index (κ2) is 7.06. The Hall–Kier alpha value is -1.87. The van der Waals surface area contributed by atoms with E-state index in [1.807, 2.05) is 30.3 Å². The smallest absolute Gasteiger partial charge is 0.153 e. The molecule has 0 aliphatic carbocycles. The minimum absolute atomic E-state index is 0.203. The molecule has 0 radical (unpaired) electrons. The first-order valence-corrected chi connectivity index (χ1v) is 7.12. The Morgan fingerprint density at radius 2 is 1.90 bits per heavy atom. The lowest BCUT2D eigenvalue weighted by molar-refractivity contribution is 0.209. The quantitative estimate of drug-likeness (QED) is 0.871. The van der Waals surface area contributed by atoms with Crippen LogP contribution in [0.5, 0.6) is 5.75 Å². The maximum Gasteiger partial charge on any atom is 0.153 e. The second-order valence-electron chi connectivity index (χ2n) is 4.98. The summed E-state index contributed by atoms with van der Waals surface area (Å²) in [5, 5.41) is 0. The minimum Gasteiger partial charge on any atom is -0.483 e. The number of rotatable bonds is 6. The third-order valence-electron chi connectivity index (χ3n) is 3.57. The van der Waals surface area contributed by atoms with E-state index in [0.717, 1.165) is 17.9 Å². The number of ether oxygens (including phenoxy) is 1. The van der Waals surface area contributed by atoms with Gasteiger partial charge < -0.3 is 10.5 Å². The van der Waals surface area contributed by atoms with Gasteiger partial charge in [0.2, 0.25) is 0 Å². The third-order valence-corrected chi connectivity index (χ3v) is 3.57. The summed E-state index contributed by atoms with van der Waals surface area (Å²) in [4.78, 5) is 4.30. The van der Waals surface area contributed by atoms with Crippen LogP contribution < -0.4 is 10.5 Å². The van der Waals surface area contributed by atoms with Crippen molar-refractivity contribution in [3.63, 3.8) is 0 Å². The lowest BCUT2D eigenvalue weighted by atomic mass is 9.99. The summed E-state index contributed by atoms with van der Waals surface area (Å²) in [6.45, 7) is 4.83. The van der Waals surface area contributed by atoms with Gasteiger partial charge in [-0.05, 0) is 42.2 Å². The lowest BCUT2D eigenvalue weighted by Crippen LogP contribution is -2.19. The predicted molar refractivity (Wildman–Crippen MR) is 81.8 cm³/mol. The molecule has 0 aliphatic rings. The highest BCUT2D eigenvalue weighted by Crippen LogP contribution is 2.24. The van der Waals surface area contributed by atoms with Crippen LogP contribution in [-0.2, 0) is 0 Å². The second-order valence-corrected chi connectivity index (χ2v) is 4.98. The molecule has 0 saturated heterocycles. The highest BCUT2D eigenvalue weighted by Gasteiger charge is 2.12. The molecular formula is C17H22N2O. The van der Waals surface area contributed by atoms with Gasteiger partial charge in [0.1, 0.15) is 5.75 Å². The van der Waals surface area contributed by atoms with Crippen LogP contribution in [0.4, 0.5) is 0 Å². The molecule has 3 nitrogen and oxygen atoms in total. The molecule has 1 aromatic carbocycles. The van der Waals surface area contributed by atoms with Crippen molar-refractivity contribution in [1.82, 2.24) is 4.98 Å². The van der Waals surface area contributed by atoms with Crippen molar-refractivity contribution in [1.29, 1.82) is 0 Å². The Labute approximate surface area is 120 Å². The summed E-state index contributed by atoms with van der Waals surface area (Å²) in [7, 11) is 0. The van der Waals surface area contributed by atoms with Gasteiger partial charge in [-0.15, -0.1) is 0 Å². The largest absolute Gasteiger partial charge is 0.483 e. The molecule has 0 fully saturated rings. The Bertz CT molecular complexity index is 510. The topological polar surface area (TPSA) is 48.1 Å². The van der Waals surface area contributed by atoms with E-state index in [9.17, 15) is 0 Å². The summed E-state index contributed by atoms with van der Waals surface area (Å²) in [6.07, 6.45) is 2.69. The molecule has 1 heterocycles. The van der Waals surface area contributed by atoms with Crippen LogP contribution in [-0.4, -0.2) is 11.5 Å². The van der Waals surface area contributed by atoms with Gasteiger partial charge in [0.25, 0.3) is 0 Å². The van der Waals surface area contributed by atoms with Crippen molar-refractivity contribution >= 4 is 0 Å². The summed E-state index contributed by atoms with van der Waals surface area (Å²) >= 11 is 0. The maximum absolute atomic E-state index is 5.93. The molecule has 2 aromatic rings. The molecule has 2 rings (SSSR count). The van der Waals surface area contributed by atoms with Crippen LogP contribution in [0.2, 0.25) is 0 Å². The lowest BCUT2D eigenvalue weighted by Gasteiger charge is -2.17. The van der Waals surface area contributed by atoms with Gasteiger partial charge in [-0.2, -0.15) is 0 Å². The summed E-state index contributed by atoms with van der Waals surface area (Å²) in [5.41, 5.74) is 7.98. The highest BCUT2D eigenvalue weighted by molar-refractivity contribution is 5.29. The summed E-state index contributed by atoms with van der Waals surface area (Å²) in [5.74, 6) is 1.41. The molecule has 3 heteroatoms. The van der Waals surface area contributed by atoms with Gasteiger partial charge in [0.05, 0.1) is 5.69 Å². The fraction of sp³-hybridized carbons (Fsp3) is 0.353. The number of benzene rings is 1. The van der Waals surface area contributed by atoms with Gasteiger partial charge >= 0.3 is 0 Å². The van der Waals surface area contributed by atoms with Crippen LogP contribution in [0.1, 0.15) is 43.5 Å². The first-order valence-electron chi connectivity index (χ1n) is 7.12. The van der Waals surface area contributed by atoms with Crippen molar-refractivity contribution in [3.8, 4) is 5.75 Å². The van der Waals surface area contributed by atoms with Crippen molar-refractivity contribution in [3.05, 3.63) is 59.9 Å². The minimum atomic E-state index is -0.203. The van der Waals surface area contributed by atoms with E-state index in [0.29, 0.717) is 12.5 Å². The van der Waals surface area contributed by atoms with E-state index in [2.05, 4.69) is 31.0 Å². The van der Waals surface area contributed by atoms with Gasteiger partial charge in [-0.25, -0.2) is 0 Å². The molecular weight excluding hydrogens is 248 g/mol. The molecule has 0 spiro atoms. The van der Waals surface area contributed by atoms with Gasteiger partial charge in [-0.3, -0.25) is 4.98 Å².